The maximum absolute atomic E-state index is 8.78. The molecule has 4 nitrogen and oxygen atoms in total. The molecule has 0 aliphatic rings. The van der Waals surface area contributed by atoms with E-state index < -0.39 is 0 Å². The van der Waals surface area contributed by atoms with E-state index in [0.717, 1.165) is 26.1 Å². The second-order valence-corrected chi connectivity index (χ2v) is 6.67. The van der Waals surface area contributed by atoms with Crippen molar-refractivity contribution in [3.8, 4) is 0 Å². The van der Waals surface area contributed by atoms with Crippen molar-refractivity contribution in [2.24, 2.45) is 28.1 Å². The summed E-state index contributed by atoms with van der Waals surface area (Å²) in [5.74, 6) is 1.64. The van der Waals surface area contributed by atoms with Crippen LogP contribution in [0.2, 0.25) is 0 Å². The van der Waals surface area contributed by atoms with Crippen molar-refractivity contribution in [3.63, 3.8) is 0 Å². The van der Waals surface area contributed by atoms with E-state index >= 15 is 0 Å². The number of oxime groups is 1. The minimum absolute atomic E-state index is 0.249. The van der Waals surface area contributed by atoms with Crippen LogP contribution in [0, 0.1) is 17.3 Å². The highest BCUT2D eigenvalue weighted by atomic mass is 16.4. The second-order valence-electron chi connectivity index (χ2n) is 6.67. The number of amidine groups is 1. The van der Waals surface area contributed by atoms with E-state index in [1.165, 1.54) is 0 Å². The Morgan fingerprint density at radius 3 is 1.94 bits per heavy atom. The molecule has 0 heterocycles. The summed E-state index contributed by atoms with van der Waals surface area (Å²) in [6.45, 7) is 16.2. The Labute approximate surface area is 112 Å². The highest BCUT2D eigenvalue weighted by Gasteiger charge is 2.24. The van der Waals surface area contributed by atoms with Crippen molar-refractivity contribution in [1.82, 2.24) is 4.90 Å². The van der Waals surface area contributed by atoms with Crippen molar-refractivity contribution in [2.75, 3.05) is 19.6 Å². The molecule has 0 aromatic rings. The van der Waals surface area contributed by atoms with Gasteiger partial charge in [0.1, 0.15) is 5.84 Å². The maximum Gasteiger partial charge on any atom is 0.144 e. The molecule has 0 bridgehead atoms. The lowest BCUT2D eigenvalue weighted by atomic mass is 9.87. The molecule has 0 aliphatic heterocycles. The van der Waals surface area contributed by atoms with Gasteiger partial charge in [0.05, 0.1) is 0 Å². The smallest absolute Gasteiger partial charge is 0.144 e. The van der Waals surface area contributed by atoms with Crippen LogP contribution in [0.5, 0.6) is 0 Å². The van der Waals surface area contributed by atoms with Crippen LogP contribution >= 0.6 is 0 Å². The number of rotatable bonds is 8. The first-order valence-corrected chi connectivity index (χ1v) is 6.89. The first-order chi connectivity index (χ1) is 8.19. The van der Waals surface area contributed by atoms with Crippen molar-refractivity contribution in [3.05, 3.63) is 0 Å². The van der Waals surface area contributed by atoms with Crippen LogP contribution in [0.15, 0.2) is 5.16 Å². The summed E-state index contributed by atoms with van der Waals surface area (Å²) in [6.07, 6.45) is 0.905. The van der Waals surface area contributed by atoms with Gasteiger partial charge in [0.15, 0.2) is 0 Å². The molecule has 0 aliphatic carbocycles. The second kappa shape index (κ2) is 7.62. The predicted octanol–water partition coefficient (Wildman–Crippen LogP) is 2.76. The van der Waals surface area contributed by atoms with Gasteiger partial charge in [-0.25, -0.2) is 0 Å². The predicted molar refractivity (Wildman–Crippen MR) is 77.9 cm³/mol. The molecular formula is C14H31N3O. The summed E-state index contributed by atoms with van der Waals surface area (Å²) in [6, 6.07) is 0. The highest BCUT2D eigenvalue weighted by molar-refractivity contribution is 5.85. The molecule has 4 heteroatoms. The van der Waals surface area contributed by atoms with Crippen LogP contribution < -0.4 is 5.73 Å². The Bertz CT molecular complexity index is 250. The lowest BCUT2D eigenvalue weighted by Gasteiger charge is -2.30. The van der Waals surface area contributed by atoms with Gasteiger partial charge in [0.2, 0.25) is 0 Å². The zero-order valence-electron chi connectivity index (χ0n) is 12.9. The van der Waals surface area contributed by atoms with Crippen LogP contribution in [0.1, 0.15) is 48.0 Å². The van der Waals surface area contributed by atoms with Crippen molar-refractivity contribution < 1.29 is 5.21 Å². The molecule has 0 saturated heterocycles. The van der Waals surface area contributed by atoms with E-state index in [9.17, 15) is 0 Å². The summed E-state index contributed by atoms with van der Waals surface area (Å²) < 4.78 is 0. The molecule has 0 fully saturated rings. The standard InChI is InChI=1S/C14H31N3O/c1-11(2)9-17(10-12(3)4)8-7-14(5,6)13(15)16-18/h11-12,18H,7-10H2,1-6H3,(H2,15,16). The Hall–Kier alpha value is -0.770. The van der Waals surface area contributed by atoms with Crippen LogP contribution in [0.3, 0.4) is 0 Å². The molecule has 0 spiro atoms. The summed E-state index contributed by atoms with van der Waals surface area (Å²) in [4.78, 5) is 2.47. The molecule has 0 amide bonds. The van der Waals surface area contributed by atoms with E-state index in [4.69, 9.17) is 10.9 Å². The van der Waals surface area contributed by atoms with Gasteiger partial charge in [-0.2, -0.15) is 0 Å². The highest BCUT2D eigenvalue weighted by Crippen LogP contribution is 2.21. The fourth-order valence-corrected chi connectivity index (χ4v) is 1.99. The molecular weight excluding hydrogens is 226 g/mol. The quantitative estimate of drug-likeness (QED) is 0.304. The first kappa shape index (κ1) is 17.2. The average Bonchev–Trinajstić information content (AvgIpc) is 2.23. The number of nitrogens with zero attached hydrogens (tertiary/aromatic N) is 2. The summed E-state index contributed by atoms with van der Waals surface area (Å²) in [7, 11) is 0. The average molecular weight is 257 g/mol. The lowest BCUT2D eigenvalue weighted by Crippen LogP contribution is -2.38. The largest absolute Gasteiger partial charge is 0.409 e. The van der Waals surface area contributed by atoms with E-state index in [1.54, 1.807) is 0 Å². The van der Waals surface area contributed by atoms with Gasteiger partial charge in [-0.05, 0) is 24.8 Å². The molecule has 0 aromatic carbocycles. The Kier molecular flexibility index (Phi) is 7.29. The van der Waals surface area contributed by atoms with Gasteiger partial charge in [-0.3, -0.25) is 0 Å². The van der Waals surface area contributed by atoms with Crippen LogP contribution in [-0.4, -0.2) is 35.6 Å². The molecule has 0 saturated carbocycles. The maximum atomic E-state index is 8.78. The zero-order chi connectivity index (χ0) is 14.3. The third kappa shape index (κ3) is 6.84. The van der Waals surface area contributed by atoms with Gasteiger partial charge in [0, 0.05) is 18.5 Å². The van der Waals surface area contributed by atoms with E-state index in [0.29, 0.717) is 17.7 Å². The Morgan fingerprint density at radius 1 is 1.17 bits per heavy atom. The van der Waals surface area contributed by atoms with Crippen molar-refractivity contribution >= 4 is 5.84 Å². The Balaban J connectivity index is 4.41. The number of nitrogens with two attached hydrogens (primary N) is 1. The number of hydrogen-bond donors (Lipinski definition) is 2. The molecule has 0 atom stereocenters. The fraction of sp³-hybridized carbons (Fsp3) is 0.929. The van der Waals surface area contributed by atoms with Crippen molar-refractivity contribution in [1.29, 1.82) is 0 Å². The topological polar surface area (TPSA) is 61.8 Å². The van der Waals surface area contributed by atoms with Crippen LogP contribution in [0.25, 0.3) is 0 Å². The van der Waals surface area contributed by atoms with E-state index in [1.807, 2.05) is 13.8 Å². The van der Waals surface area contributed by atoms with Crippen LogP contribution in [0.4, 0.5) is 0 Å². The number of hydrogen-bond acceptors (Lipinski definition) is 3. The lowest BCUT2D eigenvalue weighted by molar-refractivity contribution is 0.199. The van der Waals surface area contributed by atoms with Crippen molar-refractivity contribution in [2.45, 2.75) is 48.0 Å². The molecule has 0 rings (SSSR count). The molecule has 18 heavy (non-hydrogen) atoms. The molecule has 3 N–H and O–H groups in total. The monoisotopic (exact) mass is 257 g/mol. The van der Waals surface area contributed by atoms with Crippen LogP contribution in [-0.2, 0) is 0 Å². The van der Waals surface area contributed by atoms with E-state index in [2.05, 4.69) is 37.8 Å². The van der Waals surface area contributed by atoms with Gasteiger partial charge >= 0.3 is 0 Å². The summed E-state index contributed by atoms with van der Waals surface area (Å²) in [5.41, 5.74) is 5.47. The van der Waals surface area contributed by atoms with Gasteiger partial charge in [-0.15, -0.1) is 0 Å². The molecule has 0 unspecified atom stereocenters. The van der Waals surface area contributed by atoms with Gasteiger partial charge in [-0.1, -0.05) is 46.7 Å². The SMILES string of the molecule is CC(C)CN(CCC(C)(C)C(N)=NO)CC(C)C. The molecule has 108 valence electrons. The fourth-order valence-electron chi connectivity index (χ4n) is 1.99. The summed E-state index contributed by atoms with van der Waals surface area (Å²) in [5, 5.41) is 11.9. The third-order valence-electron chi connectivity index (χ3n) is 3.10. The van der Waals surface area contributed by atoms with Gasteiger partial charge in [0.25, 0.3) is 0 Å². The third-order valence-corrected chi connectivity index (χ3v) is 3.10. The first-order valence-electron chi connectivity index (χ1n) is 6.89. The zero-order valence-corrected chi connectivity index (χ0v) is 12.9. The van der Waals surface area contributed by atoms with E-state index in [-0.39, 0.29) is 5.41 Å². The molecule has 0 radical (unpaired) electrons. The Morgan fingerprint density at radius 2 is 1.61 bits per heavy atom. The molecule has 0 aromatic heterocycles. The normalized spacial score (nSPS) is 13.9. The minimum atomic E-state index is -0.249. The summed E-state index contributed by atoms with van der Waals surface area (Å²) >= 11 is 0. The minimum Gasteiger partial charge on any atom is -0.409 e. The van der Waals surface area contributed by atoms with Gasteiger partial charge < -0.3 is 15.8 Å².